The molecule has 3 rings (SSSR count). The van der Waals surface area contributed by atoms with Gasteiger partial charge in [-0.05, 0) is 37.8 Å². The van der Waals surface area contributed by atoms with Crippen molar-refractivity contribution in [3.63, 3.8) is 0 Å². The second-order valence-electron chi connectivity index (χ2n) is 8.31. The van der Waals surface area contributed by atoms with Crippen molar-refractivity contribution in [2.45, 2.75) is 62.4 Å². The fraction of sp³-hybridized carbons (Fsp3) is 0.636. The van der Waals surface area contributed by atoms with Crippen LogP contribution in [0.4, 0.5) is 0 Å². The summed E-state index contributed by atoms with van der Waals surface area (Å²) >= 11 is 0. The summed E-state index contributed by atoms with van der Waals surface area (Å²) in [6.07, 6.45) is 5.89. The van der Waals surface area contributed by atoms with Crippen LogP contribution in [0.5, 0.6) is 0 Å². The lowest BCUT2D eigenvalue weighted by Crippen LogP contribution is -2.50. The number of sulfone groups is 1. The van der Waals surface area contributed by atoms with Crippen molar-refractivity contribution in [3.8, 4) is 0 Å². The number of nitrogens with zero attached hydrogens (tertiary/aromatic N) is 2. The van der Waals surface area contributed by atoms with Crippen LogP contribution >= 0.6 is 0 Å². The molecule has 2 aliphatic rings. The highest BCUT2D eigenvalue weighted by Crippen LogP contribution is 2.27. The van der Waals surface area contributed by atoms with Gasteiger partial charge < -0.3 is 15.5 Å². The number of nitrogens with one attached hydrogen (secondary N) is 2. The van der Waals surface area contributed by atoms with E-state index in [4.69, 9.17) is 0 Å². The van der Waals surface area contributed by atoms with Crippen LogP contribution in [0.15, 0.2) is 40.2 Å². The Hall–Kier alpha value is -2.09. The number of likely N-dealkylation sites (tertiary alicyclic amines) is 1. The number of carbonyl (C=O) groups is 1. The molecule has 0 bridgehead atoms. The maximum Gasteiger partial charge on any atom is 0.225 e. The average molecular weight is 435 g/mol. The Bertz CT molecular complexity index is 835. The molecular formula is C22H34N4O3S. The molecule has 0 aromatic heterocycles. The van der Waals surface area contributed by atoms with E-state index in [-0.39, 0.29) is 23.8 Å². The molecule has 1 saturated heterocycles. The minimum absolute atomic E-state index is 0.00513. The Morgan fingerprint density at radius 3 is 2.53 bits per heavy atom. The highest BCUT2D eigenvalue weighted by Gasteiger charge is 2.32. The second kappa shape index (κ2) is 10.3. The Kier molecular flexibility index (Phi) is 7.75. The van der Waals surface area contributed by atoms with Gasteiger partial charge in [-0.3, -0.25) is 9.79 Å². The first-order valence-electron chi connectivity index (χ1n) is 11.0. The van der Waals surface area contributed by atoms with Gasteiger partial charge in [-0.15, -0.1) is 0 Å². The molecule has 7 nitrogen and oxygen atoms in total. The van der Waals surface area contributed by atoms with Crippen molar-refractivity contribution < 1.29 is 13.2 Å². The van der Waals surface area contributed by atoms with Crippen LogP contribution in [0, 0.1) is 5.92 Å². The van der Waals surface area contributed by atoms with E-state index in [0.29, 0.717) is 29.7 Å². The largest absolute Gasteiger partial charge is 0.353 e. The second-order valence-corrected chi connectivity index (χ2v) is 10.3. The van der Waals surface area contributed by atoms with E-state index in [1.165, 1.54) is 0 Å². The van der Waals surface area contributed by atoms with Gasteiger partial charge in [0.2, 0.25) is 5.91 Å². The van der Waals surface area contributed by atoms with Gasteiger partial charge in [0.25, 0.3) is 0 Å². The van der Waals surface area contributed by atoms with Gasteiger partial charge in [0, 0.05) is 38.1 Å². The number of amides is 1. The Balaban J connectivity index is 1.53. The predicted octanol–water partition coefficient (Wildman–Crippen LogP) is 2.19. The van der Waals surface area contributed by atoms with Gasteiger partial charge in [-0.25, -0.2) is 8.42 Å². The first kappa shape index (κ1) is 22.6. The smallest absolute Gasteiger partial charge is 0.225 e. The summed E-state index contributed by atoms with van der Waals surface area (Å²) in [6, 6.07) is 8.42. The zero-order valence-corrected chi connectivity index (χ0v) is 18.8. The Labute approximate surface area is 180 Å². The number of hydrogen-bond acceptors (Lipinski definition) is 4. The van der Waals surface area contributed by atoms with Crippen molar-refractivity contribution in [3.05, 3.63) is 30.3 Å². The van der Waals surface area contributed by atoms with Crippen molar-refractivity contribution in [2.24, 2.45) is 10.9 Å². The van der Waals surface area contributed by atoms with Gasteiger partial charge in [-0.2, -0.15) is 0 Å². The fourth-order valence-electron chi connectivity index (χ4n) is 4.32. The molecule has 1 heterocycles. The maximum absolute atomic E-state index is 12.7. The van der Waals surface area contributed by atoms with Gasteiger partial charge >= 0.3 is 0 Å². The molecule has 0 spiro atoms. The first-order valence-corrected chi connectivity index (χ1v) is 12.6. The molecule has 30 heavy (non-hydrogen) atoms. The molecule has 2 atom stereocenters. The highest BCUT2D eigenvalue weighted by atomic mass is 32.2. The van der Waals surface area contributed by atoms with Crippen LogP contribution in [0.2, 0.25) is 0 Å². The molecule has 2 N–H and O–H groups in total. The summed E-state index contributed by atoms with van der Waals surface area (Å²) in [4.78, 5) is 19.2. The van der Waals surface area contributed by atoms with Crippen LogP contribution < -0.4 is 10.6 Å². The minimum atomic E-state index is -3.38. The zero-order chi connectivity index (χ0) is 21.6. The quantitative estimate of drug-likeness (QED) is 0.507. The van der Waals surface area contributed by atoms with Gasteiger partial charge in [0.1, 0.15) is 0 Å². The van der Waals surface area contributed by atoms with Gasteiger partial charge in [0.15, 0.2) is 15.8 Å². The van der Waals surface area contributed by atoms with Crippen LogP contribution in [-0.2, 0) is 14.6 Å². The summed E-state index contributed by atoms with van der Waals surface area (Å²) in [5.41, 5.74) is 0. The number of benzene rings is 1. The topological polar surface area (TPSA) is 90.9 Å². The standard InChI is InChI=1S/C22H34N4O3S/c1-3-18(16-30(28,29)20-11-5-4-6-12-20)24-22(23-2)25-19-13-14-26(15-19)21(27)17-9-7-8-10-17/h4-6,11-12,17-19H,3,7-10,13-16H2,1-2H3,(H2,23,24,25). The normalized spacial score (nSPS) is 21.6. The van der Waals surface area contributed by atoms with Crippen LogP contribution in [0.3, 0.4) is 0 Å². The average Bonchev–Trinajstić information content (AvgIpc) is 3.45. The molecule has 0 radical (unpaired) electrons. The molecule has 2 fully saturated rings. The fourth-order valence-corrected chi connectivity index (χ4v) is 5.93. The molecule has 1 aliphatic carbocycles. The lowest BCUT2D eigenvalue weighted by molar-refractivity contribution is -0.134. The first-order chi connectivity index (χ1) is 14.4. The third-order valence-corrected chi connectivity index (χ3v) is 7.96. The molecule has 1 amide bonds. The van der Waals surface area contributed by atoms with E-state index in [1.54, 1.807) is 31.3 Å². The van der Waals surface area contributed by atoms with E-state index in [9.17, 15) is 13.2 Å². The predicted molar refractivity (Wildman–Crippen MR) is 119 cm³/mol. The highest BCUT2D eigenvalue weighted by molar-refractivity contribution is 7.91. The van der Waals surface area contributed by atoms with E-state index in [2.05, 4.69) is 15.6 Å². The van der Waals surface area contributed by atoms with Crippen LogP contribution in [-0.4, -0.2) is 63.2 Å². The van der Waals surface area contributed by atoms with E-state index >= 15 is 0 Å². The number of aliphatic imine (C=N–C) groups is 1. The Morgan fingerprint density at radius 1 is 1.20 bits per heavy atom. The van der Waals surface area contributed by atoms with Crippen molar-refractivity contribution in [2.75, 3.05) is 25.9 Å². The van der Waals surface area contributed by atoms with Crippen molar-refractivity contribution in [1.82, 2.24) is 15.5 Å². The number of rotatable bonds is 7. The summed E-state index contributed by atoms with van der Waals surface area (Å²) in [5, 5.41) is 6.64. The molecule has 166 valence electrons. The summed E-state index contributed by atoms with van der Waals surface area (Å²) < 4.78 is 25.4. The van der Waals surface area contributed by atoms with E-state index in [1.807, 2.05) is 17.9 Å². The van der Waals surface area contributed by atoms with E-state index < -0.39 is 9.84 Å². The van der Waals surface area contributed by atoms with Crippen LogP contribution in [0.25, 0.3) is 0 Å². The van der Waals surface area contributed by atoms with Crippen LogP contribution in [0.1, 0.15) is 45.4 Å². The number of hydrogen-bond donors (Lipinski definition) is 2. The minimum Gasteiger partial charge on any atom is -0.353 e. The lowest BCUT2D eigenvalue weighted by Gasteiger charge is -2.24. The van der Waals surface area contributed by atoms with E-state index in [0.717, 1.165) is 38.6 Å². The third kappa shape index (κ3) is 5.74. The molecular weight excluding hydrogens is 400 g/mol. The third-order valence-electron chi connectivity index (χ3n) is 6.13. The van der Waals surface area contributed by atoms with Crippen molar-refractivity contribution >= 4 is 21.7 Å². The summed E-state index contributed by atoms with van der Waals surface area (Å²) in [7, 11) is -1.70. The monoisotopic (exact) mass is 434 g/mol. The summed E-state index contributed by atoms with van der Waals surface area (Å²) in [5.74, 6) is 1.09. The van der Waals surface area contributed by atoms with Crippen molar-refractivity contribution in [1.29, 1.82) is 0 Å². The molecule has 2 unspecified atom stereocenters. The SMILES string of the molecule is CCC(CS(=O)(=O)c1ccccc1)NC(=NC)NC1CCN(C(=O)C2CCCC2)C1. The molecule has 1 saturated carbocycles. The molecule has 8 heteroatoms. The number of guanidine groups is 1. The lowest BCUT2D eigenvalue weighted by atomic mass is 10.1. The number of carbonyl (C=O) groups excluding carboxylic acids is 1. The molecule has 1 aromatic rings. The molecule has 1 aromatic carbocycles. The molecule has 1 aliphatic heterocycles. The maximum atomic E-state index is 12.7. The zero-order valence-electron chi connectivity index (χ0n) is 18.0. The van der Waals surface area contributed by atoms with Gasteiger partial charge in [0.05, 0.1) is 10.6 Å². The summed E-state index contributed by atoms with van der Waals surface area (Å²) in [6.45, 7) is 3.40. The van der Waals surface area contributed by atoms with Gasteiger partial charge in [-0.1, -0.05) is 38.0 Å². The Morgan fingerprint density at radius 2 is 1.90 bits per heavy atom.